The van der Waals surface area contributed by atoms with Gasteiger partial charge in [-0.3, -0.25) is 0 Å². The molecule has 96 valence electrons. The molecule has 0 aliphatic heterocycles. The maximum atomic E-state index is 5.85. The van der Waals surface area contributed by atoms with Crippen LogP contribution in [0.4, 0.5) is 0 Å². The third-order valence-electron chi connectivity index (χ3n) is 2.73. The average molecular weight is 279 g/mol. The van der Waals surface area contributed by atoms with E-state index in [-0.39, 0.29) is 0 Å². The SMILES string of the molecule is CCc1nsc(SCC(CN)c2ccccc2)n1. The molecule has 0 spiro atoms. The minimum atomic E-state index is 0.380. The van der Waals surface area contributed by atoms with Crippen LogP contribution < -0.4 is 5.73 Å². The molecule has 1 heterocycles. The lowest BCUT2D eigenvalue weighted by molar-refractivity contribution is 0.785. The maximum absolute atomic E-state index is 5.85. The second-order valence-corrected chi connectivity index (χ2v) is 6.00. The van der Waals surface area contributed by atoms with Gasteiger partial charge in [0.1, 0.15) is 5.82 Å². The van der Waals surface area contributed by atoms with Crippen molar-refractivity contribution in [3.63, 3.8) is 0 Å². The van der Waals surface area contributed by atoms with Crippen LogP contribution in [0.15, 0.2) is 34.7 Å². The number of aromatic nitrogens is 2. The Morgan fingerprint density at radius 2 is 2.11 bits per heavy atom. The molecule has 1 unspecified atom stereocenters. The smallest absolute Gasteiger partial charge is 0.170 e. The highest BCUT2D eigenvalue weighted by atomic mass is 32.2. The highest BCUT2D eigenvalue weighted by Crippen LogP contribution is 2.26. The summed E-state index contributed by atoms with van der Waals surface area (Å²) in [5.74, 6) is 2.27. The second-order valence-electron chi connectivity index (χ2n) is 3.98. The number of hydrogen-bond donors (Lipinski definition) is 1. The van der Waals surface area contributed by atoms with Gasteiger partial charge in [0.2, 0.25) is 0 Å². The Balaban J connectivity index is 1.95. The van der Waals surface area contributed by atoms with Gasteiger partial charge >= 0.3 is 0 Å². The topological polar surface area (TPSA) is 51.8 Å². The molecule has 1 aromatic carbocycles. The minimum Gasteiger partial charge on any atom is -0.330 e. The van der Waals surface area contributed by atoms with Crippen molar-refractivity contribution in [3.05, 3.63) is 41.7 Å². The van der Waals surface area contributed by atoms with Crippen LogP contribution in [0.25, 0.3) is 0 Å². The molecule has 18 heavy (non-hydrogen) atoms. The van der Waals surface area contributed by atoms with Gasteiger partial charge in [-0.15, -0.1) is 0 Å². The van der Waals surface area contributed by atoms with Gasteiger partial charge < -0.3 is 5.73 Å². The Bertz CT molecular complexity index is 470. The number of thioether (sulfide) groups is 1. The number of rotatable bonds is 6. The molecule has 2 rings (SSSR count). The van der Waals surface area contributed by atoms with Gasteiger partial charge in [-0.25, -0.2) is 4.98 Å². The largest absolute Gasteiger partial charge is 0.330 e. The standard InChI is InChI=1S/C13H17N3S2/c1-2-12-15-13(18-16-12)17-9-11(8-14)10-6-4-3-5-7-10/h3-7,11H,2,8-9,14H2,1H3. The van der Waals surface area contributed by atoms with E-state index in [9.17, 15) is 0 Å². The van der Waals surface area contributed by atoms with Gasteiger partial charge in [-0.2, -0.15) is 4.37 Å². The first-order chi connectivity index (χ1) is 8.83. The molecular weight excluding hydrogens is 262 g/mol. The molecule has 5 heteroatoms. The summed E-state index contributed by atoms with van der Waals surface area (Å²) in [7, 11) is 0. The zero-order chi connectivity index (χ0) is 12.8. The minimum absolute atomic E-state index is 0.380. The molecule has 0 aliphatic rings. The molecule has 0 amide bonds. The first kappa shape index (κ1) is 13.5. The van der Waals surface area contributed by atoms with Gasteiger partial charge in [0, 0.05) is 18.1 Å². The van der Waals surface area contributed by atoms with Crippen LogP contribution >= 0.6 is 23.3 Å². The summed E-state index contributed by atoms with van der Waals surface area (Å²) in [5, 5.41) is 0. The van der Waals surface area contributed by atoms with Crippen LogP contribution in [-0.4, -0.2) is 21.7 Å². The number of aryl methyl sites for hydroxylation is 1. The molecule has 1 atom stereocenters. The number of benzene rings is 1. The fourth-order valence-electron chi connectivity index (χ4n) is 1.64. The number of nitrogens with zero attached hydrogens (tertiary/aromatic N) is 2. The summed E-state index contributed by atoms with van der Waals surface area (Å²) < 4.78 is 5.33. The van der Waals surface area contributed by atoms with E-state index < -0.39 is 0 Å². The average Bonchev–Trinajstić information content (AvgIpc) is 2.89. The van der Waals surface area contributed by atoms with Gasteiger partial charge in [0.15, 0.2) is 4.34 Å². The molecule has 2 N–H and O–H groups in total. The van der Waals surface area contributed by atoms with E-state index in [1.807, 2.05) is 6.07 Å². The molecular formula is C13H17N3S2. The molecule has 3 nitrogen and oxygen atoms in total. The van der Waals surface area contributed by atoms with Gasteiger partial charge in [0.25, 0.3) is 0 Å². The summed E-state index contributed by atoms with van der Waals surface area (Å²) >= 11 is 3.23. The van der Waals surface area contributed by atoms with Crippen molar-refractivity contribution in [1.82, 2.24) is 9.36 Å². The first-order valence-electron chi connectivity index (χ1n) is 6.04. The summed E-state index contributed by atoms with van der Waals surface area (Å²) in [5.41, 5.74) is 7.15. The lowest BCUT2D eigenvalue weighted by Gasteiger charge is -2.13. The predicted molar refractivity (Wildman–Crippen MR) is 78.2 cm³/mol. The van der Waals surface area contributed by atoms with Crippen LogP contribution in [0.2, 0.25) is 0 Å². The maximum Gasteiger partial charge on any atom is 0.170 e. The molecule has 0 bridgehead atoms. The lowest BCUT2D eigenvalue weighted by atomic mass is 10.0. The van der Waals surface area contributed by atoms with Crippen LogP contribution in [0.1, 0.15) is 24.2 Å². The zero-order valence-corrected chi connectivity index (χ0v) is 12.0. The molecule has 0 saturated heterocycles. The Hall–Kier alpha value is -0.910. The van der Waals surface area contributed by atoms with Crippen molar-refractivity contribution < 1.29 is 0 Å². The predicted octanol–water partition coefficient (Wildman–Crippen LogP) is 2.94. The molecule has 0 radical (unpaired) electrons. The second kappa shape index (κ2) is 6.87. The summed E-state index contributed by atoms with van der Waals surface area (Å²) in [6.07, 6.45) is 0.899. The highest BCUT2D eigenvalue weighted by molar-refractivity contribution is 8.00. The Kier molecular flexibility index (Phi) is 5.16. The van der Waals surface area contributed by atoms with E-state index in [2.05, 4.69) is 40.5 Å². The lowest BCUT2D eigenvalue weighted by Crippen LogP contribution is -2.14. The molecule has 0 saturated carbocycles. The van der Waals surface area contributed by atoms with Crippen molar-refractivity contribution in [2.45, 2.75) is 23.6 Å². The van der Waals surface area contributed by atoms with Gasteiger partial charge in [0.05, 0.1) is 0 Å². The number of nitrogens with two attached hydrogens (primary N) is 1. The van der Waals surface area contributed by atoms with Crippen molar-refractivity contribution in [2.24, 2.45) is 5.73 Å². The Morgan fingerprint density at radius 1 is 1.33 bits per heavy atom. The molecule has 0 fully saturated rings. The van der Waals surface area contributed by atoms with E-state index in [1.165, 1.54) is 17.1 Å². The third kappa shape index (κ3) is 3.54. The number of hydrogen-bond acceptors (Lipinski definition) is 5. The normalized spacial score (nSPS) is 12.6. The van der Waals surface area contributed by atoms with Crippen molar-refractivity contribution in [1.29, 1.82) is 0 Å². The summed E-state index contributed by atoms with van der Waals surface area (Å²) in [4.78, 5) is 4.46. The van der Waals surface area contributed by atoms with E-state index >= 15 is 0 Å². The molecule has 2 aromatic rings. The van der Waals surface area contributed by atoms with Crippen LogP contribution in [-0.2, 0) is 6.42 Å². The van der Waals surface area contributed by atoms with Gasteiger partial charge in [-0.05, 0) is 23.6 Å². The van der Waals surface area contributed by atoms with E-state index in [0.717, 1.165) is 22.3 Å². The Labute approximate surface area is 116 Å². The third-order valence-corrected chi connectivity index (χ3v) is 4.76. The molecule has 1 aromatic heterocycles. The van der Waals surface area contributed by atoms with E-state index in [0.29, 0.717) is 12.5 Å². The van der Waals surface area contributed by atoms with E-state index in [4.69, 9.17) is 5.73 Å². The summed E-state index contributed by atoms with van der Waals surface area (Å²) in [6, 6.07) is 10.4. The van der Waals surface area contributed by atoms with Crippen molar-refractivity contribution in [3.8, 4) is 0 Å². The Morgan fingerprint density at radius 3 is 2.72 bits per heavy atom. The fourth-order valence-corrected chi connectivity index (χ4v) is 3.51. The zero-order valence-electron chi connectivity index (χ0n) is 10.4. The first-order valence-corrected chi connectivity index (χ1v) is 7.79. The summed E-state index contributed by atoms with van der Waals surface area (Å²) in [6.45, 7) is 2.74. The van der Waals surface area contributed by atoms with Crippen molar-refractivity contribution in [2.75, 3.05) is 12.3 Å². The van der Waals surface area contributed by atoms with Crippen molar-refractivity contribution >= 4 is 23.3 Å². The van der Waals surface area contributed by atoms with Crippen LogP contribution in [0, 0.1) is 0 Å². The monoisotopic (exact) mass is 279 g/mol. The van der Waals surface area contributed by atoms with Crippen LogP contribution in [0.5, 0.6) is 0 Å². The highest BCUT2D eigenvalue weighted by Gasteiger charge is 2.11. The van der Waals surface area contributed by atoms with Crippen LogP contribution in [0.3, 0.4) is 0 Å². The molecule has 0 aliphatic carbocycles. The fraction of sp³-hybridized carbons (Fsp3) is 0.385. The van der Waals surface area contributed by atoms with E-state index in [1.54, 1.807) is 11.8 Å². The quantitative estimate of drug-likeness (QED) is 0.826. The van der Waals surface area contributed by atoms with Gasteiger partial charge in [-0.1, -0.05) is 49.0 Å².